The maximum atomic E-state index is 11.1. The van der Waals surface area contributed by atoms with Crippen LogP contribution in [-0.2, 0) is 4.79 Å². The van der Waals surface area contributed by atoms with Gasteiger partial charge in [0, 0.05) is 24.4 Å². The first-order valence-electron chi connectivity index (χ1n) is 5.99. The van der Waals surface area contributed by atoms with Crippen LogP contribution in [0.3, 0.4) is 0 Å². The number of carbonyl (C=O) groups is 1. The number of hydrogen-bond donors (Lipinski definition) is 2. The third kappa shape index (κ3) is 2.31. The van der Waals surface area contributed by atoms with E-state index < -0.39 is 5.76 Å². The van der Waals surface area contributed by atoms with Crippen LogP contribution in [0.25, 0.3) is 22.4 Å². The quantitative estimate of drug-likeness (QED) is 0.746. The average Bonchev–Trinajstić information content (AvgIpc) is 2.77. The van der Waals surface area contributed by atoms with Crippen molar-refractivity contribution in [2.24, 2.45) is 0 Å². The lowest BCUT2D eigenvalue weighted by molar-refractivity contribution is -0.114. The van der Waals surface area contributed by atoms with Crippen molar-refractivity contribution in [3.8, 4) is 11.1 Å². The molecule has 1 aromatic carbocycles. The Morgan fingerprint density at radius 3 is 2.95 bits per heavy atom. The summed E-state index contributed by atoms with van der Waals surface area (Å²) in [7, 11) is 0. The lowest BCUT2D eigenvalue weighted by Crippen LogP contribution is -2.05. The molecule has 20 heavy (non-hydrogen) atoms. The van der Waals surface area contributed by atoms with Gasteiger partial charge in [-0.25, -0.2) is 9.78 Å². The summed E-state index contributed by atoms with van der Waals surface area (Å²) >= 11 is 0. The van der Waals surface area contributed by atoms with E-state index >= 15 is 0 Å². The Morgan fingerprint density at radius 2 is 2.15 bits per heavy atom. The number of benzene rings is 1. The first kappa shape index (κ1) is 12.2. The van der Waals surface area contributed by atoms with Crippen molar-refractivity contribution < 1.29 is 9.21 Å². The lowest BCUT2D eigenvalue weighted by atomic mass is 10.1. The van der Waals surface area contributed by atoms with E-state index in [9.17, 15) is 9.59 Å². The Hall–Kier alpha value is -2.89. The van der Waals surface area contributed by atoms with E-state index in [-0.39, 0.29) is 5.91 Å². The monoisotopic (exact) mass is 269 g/mol. The van der Waals surface area contributed by atoms with Gasteiger partial charge in [-0.15, -0.1) is 0 Å². The molecule has 3 aromatic rings. The van der Waals surface area contributed by atoms with Gasteiger partial charge >= 0.3 is 5.76 Å². The zero-order valence-electron chi connectivity index (χ0n) is 10.6. The van der Waals surface area contributed by atoms with Gasteiger partial charge in [0.25, 0.3) is 0 Å². The first-order chi connectivity index (χ1) is 9.61. The molecule has 0 atom stereocenters. The van der Waals surface area contributed by atoms with Gasteiger partial charge in [0.05, 0.1) is 0 Å². The SMILES string of the molecule is CC(=O)Nc1cccc(-c2cnc3[nH]c(=O)oc3c2)c1. The number of amides is 1. The topological polar surface area (TPSA) is 88.0 Å². The van der Waals surface area contributed by atoms with Crippen LogP contribution in [0.15, 0.2) is 45.7 Å². The molecular formula is C14H11N3O3. The molecule has 0 bridgehead atoms. The predicted octanol–water partition coefficient (Wildman–Crippen LogP) is 2.14. The summed E-state index contributed by atoms with van der Waals surface area (Å²) in [6, 6.07) is 9.08. The van der Waals surface area contributed by atoms with E-state index in [1.54, 1.807) is 18.3 Å². The molecular weight excluding hydrogens is 258 g/mol. The number of aromatic nitrogens is 2. The van der Waals surface area contributed by atoms with Gasteiger partial charge < -0.3 is 9.73 Å². The van der Waals surface area contributed by atoms with Crippen molar-refractivity contribution in [1.82, 2.24) is 9.97 Å². The van der Waals surface area contributed by atoms with Crippen LogP contribution in [0, 0.1) is 0 Å². The van der Waals surface area contributed by atoms with Gasteiger partial charge in [-0.3, -0.25) is 9.78 Å². The van der Waals surface area contributed by atoms with E-state index in [1.807, 2.05) is 18.2 Å². The minimum absolute atomic E-state index is 0.132. The number of pyridine rings is 1. The van der Waals surface area contributed by atoms with E-state index in [4.69, 9.17) is 4.42 Å². The summed E-state index contributed by atoms with van der Waals surface area (Å²) in [5, 5.41) is 2.72. The highest BCUT2D eigenvalue weighted by Crippen LogP contribution is 2.24. The van der Waals surface area contributed by atoms with Crippen LogP contribution in [0.2, 0.25) is 0 Å². The summed E-state index contributed by atoms with van der Waals surface area (Å²) in [4.78, 5) is 28.8. The van der Waals surface area contributed by atoms with Crippen LogP contribution in [0.5, 0.6) is 0 Å². The minimum atomic E-state index is -0.531. The van der Waals surface area contributed by atoms with Crippen molar-refractivity contribution in [2.75, 3.05) is 5.32 Å². The zero-order valence-corrected chi connectivity index (χ0v) is 10.6. The molecule has 0 unspecified atom stereocenters. The smallest absolute Gasteiger partial charge is 0.406 e. The Kier molecular flexibility index (Phi) is 2.83. The second-order valence-electron chi connectivity index (χ2n) is 4.35. The molecule has 0 aliphatic carbocycles. The van der Waals surface area contributed by atoms with E-state index in [0.29, 0.717) is 16.9 Å². The molecule has 1 amide bonds. The highest BCUT2D eigenvalue weighted by molar-refractivity contribution is 5.89. The van der Waals surface area contributed by atoms with E-state index in [0.717, 1.165) is 11.1 Å². The Labute approximate surface area is 113 Å². The molecule has 2 aromatic heterocycles. The molecule has 0 radical (unpaired) electrons. The fraction of sp³-hybridized carbons (Fsp3) is 0.0714. The van der Waals surface area contributed by atoms with Crippen molar-refractivity contribution >= 4 is 22.8 Å². The maximum Gasteiger partial charge on any atom is 0.418 e. The van der Waals surface area contributed by atoms with Crippen molar-refractivity contribution in [3.05, 3.63) is 47.1 Å². The Balaban J connectivity index is 2.05. The lowest BCUT2D eigenvalue weighted by Gasteiger charge is -2.05. The van der Waals surface area contributed by atoms with Crippen LogP contribution >= 0.6 is 0 Å². The number of nitrogens with one attached hydrogen (secondary N) is 2. The van der Waals surface area contributed by atoms with Gasteiger partial charge in [-0.1, -0.05) is 12.1 Å². The summed E-state index contributed by atoms with van der Waals surface area (Å²) in [6.45, 7) is 1.45. The summed E-state index contributed by atoms with van der Waals surface area (Å²) < 4.78 is 4.98. The normalized spacial score (nSPS) is 10.7. The number of hydrogen-bond acceptors (Lipinski definition) is 4. The number of carbonyl (C=O) groups excluding carboxylic acids is 1. The standard InChI is InChI=1S/C14H11N3O3/c1-8(18)16-11-4-2-3-9(5-11)10-6-12-13(15-7-10)17-14(19)20-12/h2-7H,1H3,(H,16,18)(H,15,17,19). The van der Waals surface area contributed by atoms with Gasteiger partial charge in [-0.05, 0) is 23.8 Å². The third-order valence-corrected chi connectivity index (χ3v) is 2.79. The largest absolute Gasteiger partial charge is 0.418 e. The number of oxazole rings is 1. The van der Waals surface area contributed by atoms with Crippen LogP contribution in [-0.4, -0.2) is 15.9 Å². The van der Waals surface area contributed by atoms with E-state index in [2.05, 4.69) is 15.3 Å². The molecule has 0 saturated carbocycles. The van der Waals surface area contributed by atoms with Crippen molar-refractivity contribution in [1.29, 1.82) is 0 Å². The number of rotatable bonds is 2. The zero-order chi connectivity index (χ0) is 14.1. The van der Waals surface area contributed by atoms with Gasteiger partial charge in [0.1, 0.15) is 0 Å². The minimum Gasteiger partial charge on any atom is -0.406 e. The second-order valence-corrected chi connectivity index (χ2v) is 4.35. The number of anilines is 1. The number of H-pyrrole nitrogens is 1. The number of nitrogens with zero attached hydrogens (tertiary/aromatic N) is 1. The van der Waals surface area contributed by atoms with Gasteiger partial charge in [-0.2, -0.15) is 0 Å². The number of fused-ring (bicyclic) bond motifs is 1. The molecule has 0 aliphatic heterocycles. The highest BCUT2D eigenvalue weighted by atomic mass is 16.4. The molecule has 2 heterocycles. The van der Waals surface area contributed by atoms with Crippen LogP contribution < -0.4 is 11.1 Å². The molecule has 0 spiro atoms. The molecule has 6 nitrogen and oxygen atoms in total. The molecule has 0 aliphatic rings. The van der Waals surface area contributed by atoms with Crippen LogP contribution in [0.4, 0.5) is 5.69 Å². The summed E-state index contributed by atoms with van der Waals surface area (Å²) in [5.41, 5.74) is 3.18. The molecule has 100 valence electrons. The fourth-order valence-corrected chi connectivity index (χ4v) is 1.98. The molecule has 0 fully saturated rings. The molecule has 3 rings (SSSR count). The molecule has 2 N–H and O–H groups in total. The van der Waals surface area contributed by atoms with Gasteiger partial charge in [0.15, 0.2) is 11.2 Å². The van der Waals surface area contributed by atoms with E-state index in [1.165, 1.54) is 6.92 Å². The summed E-state index contributed by atoms with van der Waals surface area (Å²) in [5.74, 6) is -0.663. The fourth-order valence-electron chi connectivity index (χ4n) is 1.98. The first-order valence-corrected chi connectivity index (χ1v) is 5.99. The third-order valence-electron chi connectivity index (χ3n) is 2.79. The van der Waals surface area contributed by atoms with Crippen molar-refractivity contribution in [3.63, 3.8) is 0 Å². The van der Waals surface area contributed by atoms with Gasteiger partial charge in [0.2, 0.25) is 5.91 Å². The predicted molar refractivity (Wildman–Crippen MR) is 74.4 cm³/mol. The highest BCUT2D eigenvalue weighted by Gasteiger charge is 2.06. The number of aromatic amines is 1. The maximum absolute atomic E-state index is 11.1. The Morgan fingerprint density at radius 1 is 1.30 bits per heavy atom. The second kappa shape index (κ2) is 4.65. The molecule has 6 heteroatoms. The average molecular weight is 269 g/mol. The summed E-state index contributed by atoms with van der Waals surface area (Å²) in [6.07, 6.45) is 1.64. The Bertz CT molecular complexity index is 848. The van der Waals surface area contributed by atoms with Crippen LogP contribution in [0.1, 0.15) is 6.92 Å². The molecule has 0 saturated heterocycles. The van der Waals surface area contributed by atoms with Crippen molar-refractivity contribution in [2.45, 2.75) is 6.92 Å².